The second kappa shape index (κ2) is 5.36. The summed E-state index contributed by atoms with van der Waals surface area (Å²) in [5.74, 6) is -1.80. The molecular formula is C15H12O5. The number of phenols is 4. The van der Waals surface area contributed by atoms with Gasteiger partial charge in [-0.15, -0.1) is 0 Å². The summed E-state index contributed by atoms with van der Waals surface area (Å²) >= 11 is 0. The van der Waals surface area contributed by atoms with E-state index in [9.17, 15) is 20.1 Å². The van der Waals surface area contributed by atoms with Crippen LogP contribution in [0.15, 0.2) is 42.5 Å². The molecule has 0 aromatic heterocycles. The Morgan fingerprint density at radius 2 is 1.45 bits per heavy atom. The van der Waals surface area contributed by atoms with Gasteiger partial charge in [-0.3, -0.25) is 4.79 Å². The zero-order valence-corrected chi connectivity index (χ0v) is 10.3. The van der Waals surface area contributed by atoms with Crippen LogP contribution in [0, 0.1) is 0 Å². The van der Waals surface area contributed by atoms with E-state index < -0.39 is 23.0 Å². The highest BCUT2D eigenvalue weighted by atomic mass is 16.3. The van der Waals surface area contributed by atoms with Crippen molar-refractivity contribution < 1.29 is 25.2 Å². The van der Waals surface area contributed by atoms with Crippen molar-refractivity contribution in [2.24, 2.45) is 0 Å². The van der Waals surface area contributed by atoms with E-state index in [4.69, 9.17) is 5.11 Å². The summed E-state index contributed by atoms with van der Waals surface area (Å²) < 4.78 is 0. The molecule has 4 N–H and O–H groups in total. The van der Waals surface area contributed by atoms with Crippen molar-refractivity contribution in [2.75, 3.05) is 0 Å². The van der Waals surface area contributed by atoms with E-state index in [1.54, 1.807) is 12.1 Å². The van der Waals surface area contributed by atoms with Crippen LogP contribution >= 0.6 is 0 Å². The standard InChI is InChI=1S/C15H12O5/c16-10-4-1-9(2-5-10)3-6-12(17)11-7-14(19)15(20)8-13(11)18/h1-8,16,18-20H/b6-3+. The summed E-state index contributed by atoms with van der Waals surface area (Å²) in [7, 11) is 0. The number of ketones is 1. The first-order valence-electron chi connectivity index (χ1n) is 5.74. The highest BCUT2D eigenvalue weighted by Crippen LogP contribution is 2.32. The molecule has 0 aliphatic rings. The molecule has 2 aromatic rings. The maximum Gasteiger partial charge on any atom is 0.189 e. The number of hydrogen-bond donors (Lipinski definition) is 4. The van der Waals surface area contributed by atoms with Crippen molar-refractivity contribution in [3.8, 4) is 23.0 Å². The van der Waals surface area contributed by atoms with Crippen LogP contribution in [0.5, 0.6) is 23.0 Å². The Bertz CT molecular complexity index is 671. The Hall–Kier alpha value is -2.95. The van der Waals surface area contributed by atoms with Gasteiger partial charge >= 0.3 is 0 Å². The molecule has 0 saturated heterocycles. The molecular weight excluding hydrogens is 260 g/mol. The van der Waals surface area contributed by atoms with Crippen LogP contribution in [0.3, 0.4) is 0 Å². The molecule has 0 unspecified atom stereocenters. The van der Waals surface area contributed by atoms with E-state index in [0.29, 0.717) is 5.56 Å². The number of carbonyl (C=O) groups is 1. The van der Waals surface area contributed by atoms with E-state index in [0.717, 1.165) is 12.1 Å². The van der Waals surface area contributed by atoms with Gasteiger partial charge in [0.2, 0.25) is 0 Å². The predicted molar refractivity (Wildman–Crippen MR) is 72.9 cm³/mol. The molecule has 0 heterocycles. The molecule has 0 saturated carbocycles. The molecule has 2 rings (SSSR count). The van der Waals surface area contributed by atoms with Gasteiger partial charge in [0.15, 0.2) is 17.3 Å². The third-order valence-corrected chi connectivity index (χ3v) is 2.68. The molecule has 0 aliphatic carbocycles. The SMILES string of the molecule is O=C(/C=C/c1ccc(O)cc1)c1cc(O)c(O)cc1O. The molecule has 0 spiro atoms. The average Bonchev–Trinajstić information content (AvgIpc) is 2.42. The van der Waals surface area contributed by atoms with E-state index in [1.165, 1.54) is 24.3 Å². The van der Waals surface area contributed by atoms with E-state index in [1.807, 2.05) is 0 Å². The monoisotopic (exact) mass is 272 g/mol. The Morgan fingerprint density at radius 1 is 0.850 bits per heavy atom. The number of aromatic hydroxyl groups is 4. The van der Waals surface area contributed by atoms with Gasteiger partial charge in [0.05, 0.1) is 5.56 Å². The zero-order valence-electron chi connectivity index (χ0n) is 10.3. The summed E-state index contributed by atoms with van der Waals surface area (Å²) in [4.78, 5) is 11.9. The van der Waals surface area contributed by atoms with Gasteiger partial charge < -0.3 is 20.4 Å². The van der Waals surface area contributed by atoms with Gasteiger partial charge in [-0.05, 0) is 29.8 Å². The molecule has 0 fully saturated rings. The molecule has 0 radical (unpaired) electrons. The van der Waals surface area contributed by atoms with Crippen molar-refractivity contribution in [1.29, 1.82) is 0 Å². The lowest BCUT2D eigenvalue weighted by Gasteiger charge is -2.03. The quantitative estimate of drug-likeness (QED) is 0.298. The van der Waals surface area contributed by atoms with E-state index >= 15 is 0 Å². The van der Waals surface area contributed by atoms with Gasteiger partial charge in [0, 0.05) is 6.07 Å². The maximum absolute atomic E-state index is 11.9. The van der Waals surface area contributed by atoms with Crippen LogP contribution in [-0.4, -0.2) is 26.2 Å². The summed E-state index contributed by atoms with van der Waals surface area (Å²) in [6, 6.07) is 8.09. The fourth-order valence-corrected chi connectivity index (χ4v) is 1.61. The number of hydrogen-bond acceptors (Lipinski definition) is 5. The number of rotatable bonds is 3. The van der Waals surface area contributed by atoms with Crippen molar-refractivity contribution in [1.82, 2.24) is 0 Å². The van der Waals surface area contributed by atoms with Crippen molar-refractivity contribution in [3.63, 3.8) is 0 Å². The molecule has 0 atom stereocenters. The van der Waals surface area contributed by atoms with Crippen LogP contribution in [0.2, 0.25) is 0 Å². The topological polar surface area (TPSA) is 98.0 Å². The number of phenolic OH excluding ortho intramolecular Hbond substituents is 4. The molecule has 5 nitrogen and oxygen atoms in total. The van der Waals surface area contributed by atoms with Gasteiger partial charge in [-0.2, -0.15) is 0 Å². The first kappa shape index (κ1) is 13.5. The Morgan fingerprint density at radius 3 is 2.10 bits per heavy atom. The van der Waals surface area contributed by atoms with Crippen LogP contribution in [0.1, 0.15) is 15.9 Å². The fourth-order valence-electron chi connectivity index (χ4n) is 1.61. The van der Waals surface area contributed by atoms with Crippen molar-refractivity contribution >= 4 is 11.9 Å². The van der Waals surface area contributed by atoms with Crippen LogP contribution in [0.25, 0.3) is 6.08 Å². The van der Waals surface area contributed by atoms with Gasteiger partial charge in [0.1, 0.15) is 11.5 Å². The first-order valence-corrected chi connectivity index (χ1v) is 5.74. The normalized spacial score (nSPS) is 10.8. The minimum Gasteiger partial charge on any atom is -0.508 e. The number of benzene rings is 2. The molecule has 0 aliphatic heterocycles. The zero-order chi connectivity index (χ0) is 14.7. The van der Waals surface area contributed by atoms with Crippen molar-refractivity contribution in [3.05, 3.63) is 53.6 Å². The summed E-state index contributed by atoms with van der Waals surface area (Å²) in [6.07, 6.45) is 2.73. The Kier molecular flexibility index (Phi) is 3.61. The van der Waals surface area contributed by atoms with Crippen LogP contribution < -0.4 is 0 Å². The summed E-state index contributed by atoms with van der Waals surface area (Å²) in [6.45, 7) is 0. The lowest BCUT2D eigenvalue weighted by molar-refractivity contribution is 0.104. The highest BCUT2D eigenvalue weighted by Gasteiger charge is 2.12. The van der Waals surface area contributed by atoms with E-state index in [-0.39, 0.29) is 11.3 Å². The molecule has 20 heavy (non-hydrogen) atoms. The first-order chi connectivity index (χ1) is 9.47. The minimum absolute atomic E-state index is 0.115. The summed E-state index contributed by atoms with van der Waals surface area (Å²) in [5.41, 5.74) is 0.578. The Labute approximate surface area is 114 Å². The van der Waals surface area contributed by atoms with Gasteiger partial charge in [-0.1, -0.05) is 18.2 Å². The fraction of sp³-hybridized carbons (Fsp3) is 0. The van der Waals surface area contributed by atoms with Crippen LogP contribution in [0.4, 0.5) is 0 Å². The molecule has 5 heteroatoms. The molecule has 0 amide bonds. The second-order valence-electron chi connectivity index (χ2n) is 4.15. The number of carbonyl (C=O) groups excluding carboxylic acids is 1. The molecule has 2 aromatic carbocycles. The smallest absolute Gasteiger partial charge is 0.189 e. The minimum atomic E-state index is -0.522. The van der Waals surface area contributed by atoms with Crippen LogP contribution in [-0.2, 0) is 0 Å². The third kappa shape index (κ3) is 2.89. The van der Waals surface area contributed by atoms with E-state index in [2.05, 4.69) is 0 Å². The molecule has 102 valence electrons. The van der Waals surface area contributed by atoms with Gasteiger partial charge in [0.25, 0.3) is 0 Å². The second-order valence-corrected chi connectivity index (χ2v) is 4.15. The summed E-state index contributed by atoms with van der Waals surface area (Å²) in [5, 5.41) is 37.2. The lowest BCUT2D eigenvalue weighted by Crippen LogP contribution is -1.94. The maximum atomic E-state index is 11.9. The molecule has 0 bridgehead atoms. The largest absolute Gasteiger partial charge is 0.508 e. The lowest BCUT2D eigenvalue weighted by atomic mass is 10.1. The van der Waals surface area contributed by atoms with Gasteiger partial charge in [-0.25, -0.2) is 0 Å². The predicted octanol–water partition coefficient (Wildman–Crippen LogP) is 2.41. The highest BCUT2D eigenvalue weighted by molar-refractivity contribution is 6.09. The van der Waals surface area contributed by atoms with Crippen molar-refractivity contribution in [2.45, 2.75) is 0 Å². The Balaban J connectivity index is 2.24. The number of allylic oxidation sites excluding steroid dienone is 1. The average molecular weight is 272 g/mol. The third-order valence-electron chi connectivity index (χ3n) is 2.68.